The number of carboxylic acid groups (broad SMARTS) is 1. The van der Waals surface area contributed by atoms with Crippen molar-refractivity contribution < 1.29 is 14.7 Å². The summed E-state index contributed by atoms with van der Waals surface area (Å²) in [5.74, 6) is 0.736. The van der Waals surface area contributed by atoms with E-state index in [1.165, 1.54) is 4.90 Å². The molecular formula is C11H19N3O3S. The highest BCUT2D eigenvalue weighted by atomic mass is 32.2. The summed E-state index contributed by atoms with van der Waals surface area (Å²) >= 11 is 1.59. The number of rotatable bonds is 2. The highest BCUT2D eigenvalue weighted by molar-refractivity contribution is 7.99. The molecule has 2 amide bonds. The Balaban J connectivity index is 2.00. The largest absolute Gasteiger partial charge is 0.480 e. The van der Waals surface area contributed by atoms with Gasteiger partial charge in [-0.15, -0.1) is 0 Å². The fraction of sp³-hybridized carbons (Fsp3) is 0.818. The Morgan fingerprint density at radius 3 is 2.78 bits per heavy atom. The van der Waals surface area contributed by atoms with Crippen molar-refractivity contribution in [2.24, 2.45) is 11.7 Å². The van der Waals surface area contributed by atoms with Crippen molar-refractivity contribution in [2.45, 2.75) is 12.5 Å². The van der Waals surface area contributed by atoms with Crippen molar-refractivity contribution in [3.8, 4) is 0 Å². The number of thioether (sulfide) groups is 1. The molecule has 18 heavy (non-hydrogen) atoms. The van der Waals surface area contributed by atoms with Crippen LogP contribution < -0.4 is 5.73 Å². The van der Waals surface area contributed by atoms with Crippen LogP contribution in [-0.2, 0) is 4.79 Å². The SMILES string of the molecule is NCC1CCN(C(=O)N2CCSCC2C(=O)O)C1. The molecule has 2 unspecified atom stereocenters. The van der Waals surface area contributed by atoms with Crippen molar-refractivity contribution in [1.82, 2.24) is 9.80 Å². The topological polar surface area (TPSA) is 86.9 Å². The third-order valence-corrected chi connectivity index (χ3v) is 4.57. The van der Waals surface area contributed by atoms with Gasteiger partial charge in [0.2, 0.25) is 0 Å². The summed E-state index contributed by atoms with van der Waals surface area (Å²) in [6.45, 7) is 2.45. The second-order valence-corrected chi connectivity index (χ2v) is 5.89. The van der Waals surface area contributed by atoms with Crippen molar-refractivity contribution >= 4 is 23.8 Å². The summed E-state index contributed by atoms with van der Waals surface area (Å²) in [6, 6.07) is -0.827. The molecule has 7 heteroatoms. The van der Waals surface area contributed by atoms with Gasteiger partial charge in [0.15, 0.2) is 0 Å². The minimum Gasteiger partial charge on any atom is -0.480 e. The first-order chi connectivity index (χ1) is 8.63. The third-order valence-electron chi connectivity index (χ3n) is 3.55. The maximum atomic E-state index is 12.3. The molecule has 2 saturated heterocycles. The van der Waals surface area contributed by atoms with Gasteiger partial charge < -0.3 is 20.6 Å². The van der Waals surface area contributed by atoms with Crippen molar-refractivity contribution in [3.63, 3.8) is 0 Å². The van der Waals surface area contributed by atoms with Crippen LogP contribution >= 0.6 is 11.8 Å². The molecule has 0 spiro atoms. The Kier molecular flexibility index (Phi) is 4.34. The average Bonchev–Trinajstić information content (AvgIpc) is 2.86. The van der Waals surface area contributed by atoms with E-state index in [-0.39, 0.29) is 6.03 Å². The molecule has 2 aliphatic rings. The van der Waals surface area contributed by atoms with Crippen LogP contribution in [0.15, 0.2) is 0 Å². The lowest BCUT2D eigenvalue weighted by Crippen LogP contribution is -2.54. The number of likely N-dealkylation sites (tertiary alicyclic amines) is 1. The van der Waals surface area contributed by atoms with Gasteiger partial charge in [-0.1, -0.05) is 0 Å². The van der Waals surface area contributed by atoms with Crippen LogP contribution in [0.5, 0.6) is 0 Å². The van der Waals surface area contributed by atoms with Crippen LogP contribution in [0.4, 0.5) is 4.79 Å². The molecule has 3 N–H and O–H groups in total. The van der Waals surface area contributed by atoms with Gasteiger partial charge in [-0.05, 0) is 18.9 Å². The zero-order chi connectivity index (χ0) is 13.1. The fourth-order valence-electron chi connectivity index (χ4n) is 2.42. The molecule has 102 valence electrons. The predicted octanol–water partition coefficient (Wildman–Crippen LogP) is -0.111. The lowest BCUT2D eigenvalue weighted by Gasteiger charge is -2.35. The number of nitrogens with zero attached hydrogens (tertiary/aromatic N) is 2. The van der Waals surface area contributed by atoms with Gasteiger partial charge in [0.25, 0.3) is 0 Å². The van der Waals surface area contributed by atoms with E-state index in [9.17, 15) is 9.59 Å². The molecule has 0 aromatic carbocycles. The van der Waals surface area contributed by atoms with E-state index < -0.39 is 12.0 Å². The van der Waals surface area contributed by atoms with Gasteiger partial charge in [0.05, 0.1) is 0 Å². The van der Waals surface area contributed by atoms with Crippen LogP contribution in [0.2, 0.25) is 0 Å². The van der Waals surface area contributed by atoms with Crippen LogP contribution in [0.1, 0.15) is 6.42 Å². The maximum absolute atomic E-state index is 12.3. The quantitative estimate of drug-likeness (QED) is 0.733. The van der Waals surface area contributed by atoms with Crippen molar-refractivity contribution in [2.75, 3.05) is 37.7 Å². The van der Waals surface area contributed by atoms with Crippen molar-refractivity contribution in [1.29, 1.82) is 0 Å². The van der Waals surface area contributed by atoms with Gasteiger partial charge >= 0.3 is 12.0 Å². The number of aliphatic carboxylic acids is 1. The number of carboxylic acids is 1. The first kappa shape index (κ1) is 13.5. The fourth-order valence-corrected chi connectivity index (χ4v) is 3.46. The van der Waals surface area contributed by atoms with E-state index in [0.717, 1.165) is 12.2 Å². The van der Waals surface area contributed by atoms with Crippen LogP contribution in [0, 0.1) is 5.92 Å². The number of carbonyl (C=O) groups excluding carboxylic acids is 1. The van der Waals surface area contributed by atoms with Gasteiger partial charge in [-0.25, -0.2) is 9.59 Å². The maximum Gasteiger partial charge on any atom is 0.327 e. The zero-order valence-electron chi connectivity index (χ0n) is 10.2. The molecule has 2 aliphatic heterocycles. The van der Waals surface area contributed by atoms with Crippen LogP contribution in [0.3, 0.4) is 0 Å². The van der Waals surface area contributed by atoms with Crippen LogP contribution in [0.25, 0.3) is 0 Å². The Bertz CT molecular complexity index is 339. The summed E-state index contributed by atoms with van der Waals surface area (Å²) in [6.07, 6.45) is 0.919. The number of nitrogens with two attached hydrogens (primary N) is 1. The summed E-state index contributed by atoms with van der Waals surface area (Å²) in [5, 5.41) is 9.15. The molecule has 2 rings (SSSR count). The van der Waals surface area contributed by atoms with Gasteiger partial charge in [0, 0.05) is 31.1 Å². The first-order valence-electron chi connectivity index (χ1n) is 6.19. The Labute approximate surface area is 110 Å². The Morgan fingerprint density at radius 1 is 1.39 bits per heavy atom. The molecule has 0 bridgehead atoms. The molecule has 0 aromatic heterocycles. The lowest BCUT2D eigenvalue weighted by molar-refractivity contribution is -0.141. The zero-order valence-corrected chi connectivity index (χ0v) is 11.1. The molecule has 0 aliphatic carbocycles. The standard InChI is InChI=1S/C11H19N3O3S/c12-5-8-1-2-13(6-8)11(17)14-3-4-18-7-9(14)10(15)16/h8-9H,1-7,12H2,(H,15,16). The molecule has 6 nitrogen and oxygen atoms in total. The van der Waals surface area contributed by atoms with E-state index in [1.54, 1.807) is 16.7 Å². The average molecular weight is 273 g/mol. The number of amides is 2. The van der Waals surface area contributed by atoms with Gasteiger partial charge in [-0.2, -0.15) is 11.8 Å². The second-order valence-electron chi connectivity index (χ2n) is 4.74. The summed E-state index contributed by atoms with van der Waals surface area (Å²) < 4.78 is 0. The smallest absolute Gasteiger partial charge is 0.327 e. The molecule has 2 fully saturated rings. The molecular weight excluding hydrogens is 254 g/mol. The summed E-state index contributed by atoms with van der Waals surface area (Å²) in [4.78, 5) is 26.7. The molecule has 0 saturated carbocycles. The molecule has 0 aromatic rings. The number of urea groups is 1. The number of carbonyl (C=O) groups is 2. The summed E-state index contributed by atoms with van der Waals surface area (Å²) in [5.41, 5.74) is 5.60. The number of hydrogen-bond donors (Lipinski definition) is 2. The minimum absolute atomic E-state index is 0.140. The van der Waals surface area contributed by atoms with E-state index in [4.69, 9.17) is 10.8 Å². The Hall–Kier alpha value is -0.950. The highest BCUT2D eigenvalue weighted by Gasteiger charge is 2.36. The minimum atomic E-state index is -0.912. The van der Waals surface area contributed by atoms with E-state index >= 15 is 0 Å². The van der Waals surface area contributed by atoms with Crippen molar-refractivity contribution in [3.05, 3.63) is 0 Å². The van der Waals surface area contributed by atoms with E-state index in [2.05, 4.69) is 0 Å². The third kappa shape index (κ3) is 2.72. The van der Waals surface area contributed by atoms with E-state index in [1.807, 2.05) is 0 Å². The van der Waals surface area contributed by atoms with Gasteiger partial charge in [-0.3, -0.25) is 0 Å². The summed E-state index contributed by atoms with van der Waals surface area (Å²) in [7, 11) is 0. The predicted molar refractivity (Wildman–Crippen MR) is 69.6 cm³/mol. The van der Waals surface area contributed by atoms with E-state index in [0.29, 0.717) is 37.8 Å². The highest BCUT2D eigenvalue weighted by Crippen LogP contribution is 2.22. The molecule has 0 radical (unpaired) electrons. The molecule has 2 atom stereocenters. The monoisotopic (exact) mass is 273 g/mol. The lowest BCUT2D eigenvalue weighted by atomic mass is 10.1. The van der Waals surface area contributed by atoms with Gasteiger partial charge in [0.1, 0.15) is 6.04 Å². The number of hydrogen-bond acceptors (Lipinski definition) is 4. The van der Waals surface area contributed by atoms with Crippen LogP contribution in [-0.4, -0.2) is 70.6 Å². The first-order valence-corrected chi connectivity index (χ1v) is 7.35. The second kappa shape index (κ2) is 5.79. The molecule has 2 heterocycles. The normalized spacial score (nSPS) is 28.5. The Morgan fingerprint density at radius 2 is 2.17 bits per heavy atom.